The Morgan fingerprint density at radius 2 is 1.98 bits per heavy atom. The maximum Gasteiger partial charge on any atom is 0.419 e. The van der Waals surface area contributed by atoms with Crippen molar-refractivity contribution in [3.8, 4) is 17.3 Å². The molecule has 0 radical (unpaired) electrons. The van der Waals surface area contributed by atoms with Crippen molar-refractivity contribution >= 4 is 23.1 Å². The summed E-state index contributed by atoms with van der Waals surface area (Å²) >= 11 is 0. The molecule has 3 aromatic rings. The molecule has 1 aliphatic rings. The zero-order valence-corrected chi connectivity index (χ0v) is 21.6. The summed E-state index contributed by atoms with van der Waals surface area (Å²) in [4.78, 5) is 28.1. The Bertz CT molecular complexity index is 1420. The maximum atomic E-state index is 14.2. The first-order chi connectivity index (χ1) is 18.8. The lowest BCUT2D eigenvalue weighted by atomic mass is 10.1. The Kier molecular flexibility index (Phi) is 8.10. The highest BCUT2D eigenvalue weighted by atomic mass is 19.4. The van der Waals surface area contributed by atoms with Crippen molar-refractivity contribution < 1.29 is 31.9 Å². The lowest BCUT2D eigenvalue weighted by molar-refractivity contribution is -0.137. The van der Waals surface area contributed by atoms with Gasteiger partial charge in [0.1, 0.15) is 23.0 Å². The van der Waals surface area contributed by atoms with Crippen LogP contribution in [-0.2, 0) is 6.18 Å². The number of carboxylic acid groups (broad SMARTS) is 1. The van der Waals surface area contributed by atoms with Crippen LogP contribution in [0.3, 0.4) is 0 Å². The largest absolute Gasteiger partial charge is 0.465 e. The molecule has 40 heavy (non-hydrogen) atoms. The minimum absolute atomic E-state index is 0.00417. The minimum atomic E-state index is -4.72. The quantitative estimate of drug-likeness (QED) is 0.314. The summed E-state index contributed by atoms with van der Waals surface area (Å²) in [5.74, 6) is -3.19. The molecule has 0 spiro atoms. The molecule has 4 rings (SSSR count). The van der Waals surface area contributed by atoms with E-state index in [1.165, 1.54) is 18.3 Å². The number of hydrogen-bond acceptors (Lipinski definition) is 7. The first-order valence-electron chi connectivity index (χ1n) is 12.4. The Morgan fingerprint density at radius 3 is 2.65 bits per heavy atom. The van der Waals surface area contributed by atoms with E-state index in [-0.39, 0.29) is 47.2 Å². The average molecular weight is 567 g/mol. The van der Waals surface area contributed by atoms with E-state index in [1.54, 1.807) is 11.9 Å². The van der Waals surface area contributed by atoms with E-state index < -0.39 is 36.7 Å². The van der Waals surface area contributed by atoms with E-state index in [0.717, 1.165) is 13.2 Å². The molecule has 1 fully saturated rings. The number of carbonyl (C=O) groups is 1. The topological polar surface area (TPSA) is 134 Å². The first-order valence-corrected chi connectivity index (χ1v) is 12.4. The van der Waals surface area contributed by atoms with Crippen LogP contribution in [0.2, 0.25) is 0 Å². The second kappa shape index (κ2) is 11.2. The van der Waals surface area contributed by atoms with E-state index in [1.807, 2.05) is 6.07 Å². The lowest BCUT2D eigenvalue weighted by Crippen LogP contribution is -2.41. The molecule has 0 unspecified atom stereocenters. The van der Waals surface area contributed by atoms with Crippen molar-refractivity contribution in [2.45, 2.75) is 49.9 Å². The molecule has 15 heteroatoms. The van der Waals surface area contributed by atoms with E-state index >= 15 is 0 Å². The number of H-pyrrole nitrogens is 1. The van der Waals surface area contributed by atoms with Crippen LogP contribution in [-0.4, -0.2) is 86.1 Å². The van der Waals surface area contributed by atoms with E-state index in [0.29, 0.717) is 29.5 Å². The van der Waals surface area contributed by atoms with Gasteiger partial charge >= 0.3 is 12.3 Å². The number of amides is 1. The van der Waals surface area contributed by atoms with Crippen LogP contribution < -0.4 is 5.32 Å². The summed E-state index contributed by atoms with van der Waals surface area (Å²) < 4.78 is 69.9. The second-order valence-electron chi connectivity index (χ2n) is 9.89. The molecule has 10 nitrogen and oxygen atoms in total. The van der Waals surface area contributed by atoms with E-state index in [9.17, 15) is 26.7 Å². The molecule has 2 atom stereocenters. The third-order valence-corrected chi connectivity index (χ3v) is 6.99. The Hall–Kier alpha value is -4.06. The Balaban J connectivity index is 1.46. The zero-order valence-electron chi connectivity index (χ0n) is 21.6. The molecule has 0 saturated heterocycles. The van der Waals surface area contributed by atoms with Crippen LogP contribution in [0.25, 0.3) is 22.3 Å². The highest BCUT2D eigenvalue weighted by Gasteiger charge is 2.37. The van der Waals surface area contributed by atoms with Crippen LogP contribution in [0.1, 0.15) is 36.9 Å². The molecule has 1 amide bonds. The normalized spacial score (nSPS) is 17.8. The van der Waals surface area contributed by atoms with Gasteiger partial charge in [-0.05, 0) is 38.4 Å². The summed E-state index contributed by atoms with van der Waals surface area (Å²) in [6.45, 7) is -0.856. The predicted molar refractivity (Wildman–Crippen MR) is 135 cm³/mol. The standard InChI is InChI=1S/C25H27F5N8O2/c1-37(8-7-24(26,27)13-38(2)23(39)40)16-5-3-14(9-16)35-22-33-12-19(25(28,29)30)20(36-22)18-11-32-21-17(18)6-4-15(10-31)34-21/h4,6,11-12,14,16H,3,5,7-9,13H2,1-2H3,(H,32,34)(H,39,40)(H,33,35,36)/t14-,16-/m0/s1. The highest BCUT2D eigenvalue weighted by molar-refractivity contribution is 5.93. The van der Waals surface area contributed by atoms with Crippen molar-refractivity contribution in [3.63, 3.8) is 0 Å². The van der Waals surface area contributed by atoms with Gasteiger partial charge in [-0.2, -0.15) is 18.4 Å². The number of fused-ring (bicyclic) bond motifs is 1. The summed E-state index contributed by atoms with van der Waals surface area (Å²) in [6.07, 6.45) is -2.78. The number of nitriles is 1. The van der Waals surface area contributed by atoms with Gasteiger partial charge in [-0.15, -0.1) is 0 Å². The number of rotatable bonds is 9. The minimum Gasteiger partial charge on any atom is -0.465 e. The molecule has 3 heterocycles. The van der Waals surface area contributed by atoms with Crippen LogP contribution in [0.5, 0.6) is 0 Å². The third kappa shape index (κ3) is 6.56. The van der Waals surface area contributed by atoms with Gasteiger partial charge in [0.15, 0.2) is 0 Å². The van der Waals surface area contributed by atoms with Gasteiger partial charge in [-0.25, -0.2) is 28.5 Å². The van der Waals surface area contributed by atoms with E-state index in [4.69, 9.17) is 10.4 Å². The molecule has 0 aliphatic heterocycles. The van der Waals surface area contributed by atoms with Crippen LogP contribution >= 0.6 is 0 Å². The summed E-state index contributed by atoms with van der Waals surface area (Å²) in [5.41, 5.74) is -0.857. The monoisotopic (exact) mass is 566 g/mol. The highest BCUT2D eigenvalue weighted by Crippen LogP contribution is 2.39. The number of nitrogens with one attached hydrogen (secondary N) is 2. The lowest BCUT2D eigenvalue weighted by Gasteiger charge is -2.28. The fourth-order valence-corrected chi connectivity index (χ4v) is 4.81. The maximum absolute atomic E-state index is 14.2. The van der Waals surface area contributed by atoms with Crippen molar-refractivity contribution in [1.82, 2.24) is 29.7 Å². The van der Waals surface area contributed by atoms with Crippen LogP contribution in [0.4, 0.5) is 32.7 Å². The Labute approximate surface area is 225 Å². The molecule has 1 aliphatic carbocycles. The first kappa shape index (κ1) is 28.9. The second-order valence-corrected chi connectivity index (χ2v) is 9.89. The van der Waals surface area contributed by atoms with Gasteiger partial charge in [0, 0.05) is 55.4 Å². The fraction of sp³-hybridized carbons (Fsp3) is 0.480. The van der Waals surface area contributed by atoms with E-state index in [2.05, 4.69) is 25.3 Å². The SMILES string of the molecule is CN(CC(F)(F)CCN(C)[C@H]1CC[C@H](Nc2ncc(C(F)(F)F)c(-c3c[nH]c4nc(C#N)ccc34)n2)C1)C(=O)O. The van der Waals surface area contributed by atoms with Crippen LogP contribution in [0.15, 0.2) is 24.5 Å². The van der Waals surface area contributed by atoms with Gasteiger partial charge in [0.2, 0.25) is 5.95 Å². The molecule has 214 valence electrons. The van der Waals surface area contributed by atoms with Crippen molar-refractivity contribution in [3.05, 3.63) is 35.8 Å². The summed E-state index contributed by atoms with van der Waals surface area (Å²) in [6, 6.07) is 4.53. The number of alkyl halides is 5. The molecule has 0 aromatic carbocycles. The third-order valence-electron chi connectivity index (χ3n) is 6.99. The fourth-order valence-electron chi connectivity index (χ4n) is 4.81. The Morgan fingerprint density at radius 1 is 1.23 bits per heavy atom. The molecular formula is C25H27F5N8O2. The number of aromatic nitrogens is 4. The van der Waals surface area contributed by atoms with Crippen molar-refractivity contribution in [2.75, 3.05) is 32.5 Å². The van der Waals surface area contributed by atoms with Gasteiger partial charge in [0.05, 0.1) is 12.2 Å². The molecule has 0 bridgehead atoms. The predicted octanol–water partition coefficient (Wildman–Crippen LogP) is 4.81. The van der Waals surface area contributed by atoms with Gasteiger partial charge in [-0.3, -0.25) is 0 Å². The molecule has 3 N–H and O–H groups in total. The average Bonchev–Trinajstić information content (AvgIpc) is 3.53. The number of nitrogens with zero attached hydrogens (tertiary/aromatic N) is 6. The number of aromatic amines is 1. The smallest absolute Gasteiger partial charge is 0.419 e. The number of hydrogen-bond donors (Lipinski definition) is 3. The zero-order chi connectivity index (χ0) is 29.2. The van der Waals surface area contributed by atoms with Gasteiger partial charge in [0.25, 0.3) is 5.92 Å². The molecule has 3 aromatic heterocycles. The summed E-state index contributed by atoms with van der Waals surface area (Å²) in [5, 5.41) is 21.3. The van der Waals surface area contributed by atoms with Gasteiger partial charge < -0.3 is 25.2 Å². The number of halogens is 5. The number of pyridine rings is 1. The molecular weight excluding hydrogens is 539 g/mol. The molecule has 1 saturated carbocycles. The van der Waals surface area contributed by atoms with Crippen molar-refractivity contribution in [1.29, 1.82) is 5.26 Å². The summed E-state index contributed by atoms with van der Waals surface area (Å²) in [7, 11) is 2.79. The number of anilines is 1. The van der Waals surface area contributed by atoms with Crippen LogP contribution in [0, 0.1) is 11.3 Å². The van der Waals surface area contributed by atoms with Crippen molar-refractivity contribution in [2.24, 2.45) is 0 Å². The van der Waals surface area contributed by atoms with Gasteiger partial charge in [-0.1, -0.05) is 0 Å².